The maximum absolute atomic E-state index is 11.9. The molecule has 1 saturated heterocycles. The summed E-state index contributed by atoms with van der Waals surface area (Å²) in [6.45, 7) is 0.389. The highest BCUT2D eigenvalue weighted by Crippen LogP contribution is 2.37. The zero-order chi connectivity index (χ0) is 10.9. The van der Waals surface area contributed by atoms with Gasteiger partial charge in [-0.2, -0.15) is 4.31 Å². The van der Waals surface area contributed by atoms with Crippen molar-refractivity contribution in [2.24, 2.45) is 5.92 Å². The van der Waals surface area contributed by atoms with Crippen molar-refractivity contribution in [2.75, 3.05) is 18.9 Å². The van der Waals surface area contributed by atoms with Crippen molar-refractivity contribution < 1.29 is 13.5 Å². The van der Waals surface area contributed by atoms with E-state index in [2.05, 4.69) is 0 Å². The van der Waals surface area contributed by atoms with Crippen LogP contribution in [0.1, 0.15) is 32.1 Å². The van der Waals surface area contributed by atoms with E-state index in [-0.39, 0.29) is 18.4 Å². The lowest BCUT2D eigenvalue weighted by Gasteiger charge is -2.36. The minimum Gasteiger partial charge on any atom is -0.395 e. The highest BCUT2D eigenvalue weighted by atomic mass is 32.2. The van der Waals surface area contributed by atoms with Crippen LogP contribution in [0, 0.1) is 5.92 Å². The van der Waals surface area contributed by atoms with Gasteiger partial charge in [0.1, 0.15) is 0 Å². The van der Waals surface area contributed by atoms with Crippen molar-refractivity contribution in [1.82, 2.24) is 4.31 Å². The van der Waals surface area contributed by atoms with Gasteiger partial charge in [0.05, 0.1) is 12.4 Å². The summed E-state index contributed by atoms with van der Waals surface area (Å²) in [5.41, 5.74) is 0. The maximum Gasteiger partial charge on any atom is 0.216 e. The predicted octanol–water partition coefficient (Wildman–Crippen LogP) is 0.573. The van der Waals surface area contributed by atoms with Crippen molar-refractivity contribution in [3.8, 4) is 0 Å². The van der Waals surface area contributed by atoms with Crippen molar-refractivity contribution in [3.63, 3.8) is 0 Å². The zero-order valence-electron chi connectivity index (χ0n) is 8.93. The minimum absolute atomic E-state index is 0.115. The molecule has 88 valence electrons. The zero-order valence-corrected chi connectivity index (χ0v) is 9.75. The van der Waals surface area contributed by atoms with Crippen LogP contribution in [0.25, 0.3) is 0 Å². The molecule has 2 atom stereocenters. The van der Waals surface area contributed by atoms with Gasteiger partial charge in [-0.25, -0.2) is 8.42 Å². The third-order valence-corrected chi connectivity index (χ3v) is 5.52. The number of aliphatic hydroxyl groups excluding tert-OH is 1. The molecule has 15 heavy (non-hydrogen) atoms. The lowest BCUT2D eigenvalue weighted by Crippen LogP contribution is -2.47. The average Bonchev–Trinajstić information content (AvgIpc) is 2.64. The number of rotatable bonds is 3. The summed E-state index contributed by atoms with van der Waals surface area (Å²) in [7, 11) is -3.20. The summed E-state index contributed by atoms with van der Waals surface area (Å²) in [6, 6.07) is 0.232. The van der Waals surface area contributed by atoms with Crippen LogP contribution in [0.5, 0.6) is 0 Å². The summed E-state index contributed by atoms with van der Waals surface area (Å²) in [5.74, 6) is 0.461. The molecule has 1 aliphatic heterocycles. The van der Waals surface area contributed by atoms with E-state index in [0.717, 1.165) is 19.3 Å². The highest BCUT2D eigenvalue weighted by Gasteiger charge is 2.40. The highest BCUT2D eigenvalue weighted by molar-refractivity contribution is 7.89. The largest absolute Gasteiger partial charge is 0.395 e. The molecule has 0 aromatic carbocycles. The number of nitrogens with zero attached hydrogens (tertiary/aromatic N) is 1. The smallest absolute Gasteiger partial charge is 0.216 e. The first kappa shape index (κ1) is 11.4. The van der Waals surface area contributed by atoms with Gasteiger partial charge in [-0.15, -0.1) is 0 Å². The number of hydrogen-bond donors (Lipinski definition) is 1. The van der Waals surface area contributed by atoms with Gasteiger partial charge in [0.2, 0.25) is 10.0 Å². The molecule has 0 aromatic heterocycles. The SMILES string of the molecule is O=S(=O)(CCO)N1CCCC2CCCC21. The van der Waals surface area contributed by atoms with Gasteiger partial charge in [0.25, 0.3) is 0 Å². The van der Waals surface area contributed by atoms with Crippen LogP contribution in [0.3, 0.4) is 0 Å². The van der Waals surface area contributed by atoms with Gasteiger partial charge in [-0.05, 0) is 31.6 Å². The second-order valence-electron chi connectivity index (χ2n) is 4.55. The van der Waals surface area contributed by atoms with Crippen LogP contribution in [-0.4, -0.2) is 42.8 Å². The van der Waals surface area contributed by atoms with Crippen LogP contribution in [0.15, 0.2) is 0 Å². The second-order valence-corrected chi connectivity index (χ2v) is 6.59. The van der Waals surface area contributed by atoms with E-state index >= 15 is 0 Å². The van der Waals surface area contributed by atoms with E-state index in [1.165, 1.54) is 12.8 Å². The molecule has 1 aliphatic carbocycles. The standard InChI is InChI=1S/C10H19NO3S/c12-7-8-15(13,14)11-6-2-4-9-3-1-5-10(9)11/h9-10,12H,1-8H2. The van der Waals surface area contributed by atoms with E-state index in [0.29, 0.717) is 12.5 Å². The Bertz CT molecular complexity index is 315. The molecule has 2 unspecified atom stereocenters. The third-order valence-electron chi connectivity index (χ3n) is 3.65. The lowest BCUT2D eigenvalue weighted by atomic mass is 9.94. The molecule has 0 aromatic rings. The first-order valence-electron chi connectivity index (χ1n) is 5.75. The molecule has 1 N–H and O–H groups in total. The van der Waals surface area contributed by atoms with E-state index in [1.807, 2.05) is 0 Å². The number of fused-ring (bicyclic) bond motifs is 1. The van der Waals surface area contributed by atoms with Crippen LogP contribution in [0.4, 0.5) is 0 Å². The van der Waals surface area contributed by atoms with Gasteiger partial charge in [0.15, 0.2) is 0 Å². The van der Waals surface area contributed by atoms with Crippen molar-refractivity contribution in [3.05, 3.63) is 0 Å². The van der Waals surface area contributed by atoms with Gasteiger partial charge < -0.3 is 5.11 Å². The number of aliphatic hydroxyl groups is 1. The molecule has 1 heterocycles. The summed E-state index contributed by atoms with van der Waals surface area (Å²) >= 11 is 0. The van der Waals surface area contributed by atoms with Crippen LogP contribution >= 0.6 is 0 Å². The Morgan fingerprint density at radius 3 is 2.67 bits per heavy atom. The normalized spacial score (nSPS) is 32.9. The van der Waals surface area contributed by atoms with Gasteiger partial charge in [0, 0.05) is 12.6 Å². The first-order chi connectivity index (χ1) is 7.15. The summed E-state index contributed by atoms with van der Waals surface area (Å²) in [6.07, 6.45) is 5.49. The van der Waals surface area contributed by atoms with E-state index in [1.54, 1.807) is 4.31 Å². The van der Waals surface area contributed by atoms with Crippen LogP contribution in [0.2, 0.25) is 0 Å². The van der Waals surface area contributed by atoms with Gasteiger partial charge in [-0.3, -0.25) is 0 Å². The molecule has 0 radical (unpaired) electrons. The Labute approximate surface area is 91.3 Å². The average molecular weight is 233 g/mol. The molecule has 2 rings (SSSR count). The Morgan fingerprint density at radius 1 is 1.20 bits per heavy atom. The molecule has 1 saturated carbocycles. The van der Waals surface area contributed by atoms with Crippen molar-refractivity contribution >= 4 is 10.0 Å². The fourth-order valence-electron chi connectivity index (χ4n) is 2.99. The Morgan fingerprint density at radius 2 is 1.93 bits per heavy atom. The number of sulfonamides is 1. The molecule has 2 aliphatic rings. The number of piperidine rings is 1. The second kappa shape index (κ2) is 4.39. The molecule has 2 fully saturated rings. The molecule has 5 heteroatoms. The number of hydrogen-bond acceptors (Lipinski definition) is 3. The van der Waals surface area contributed by atoms with Crippen molar-refractivity contribution in [2.45, 2.75) is 38.1 Å². The topological polar surface area (TPSA) is 57.6 Å². The molecule has 0 bridgehead atoms. The monoisotopic (exact) mass is 233 g/mol. The predicted molar refractivity (Wildman–Crippen MR) is 57.9 cm³/mol. The fourth-order valence-corrected chi connectivity index (χ4v) is 4.55. The summed E-state index contributed by atoms with van der Waals surface area (Å²) in [4.78, 5) is 0. The van der Waals surface area contributed by atoms with Crippen LogP contribution < -0.4 is 0 Å². The summed E-state index contributed by atoms with van der Waals surface area (Å²) < 4.78 is 25.4. The Hall–Kier alpha value is -0.130. The third kappa shape index (κ3) is 2.19. The molecular weight excluding hydrogens is 214 g/mol. The quantitative estimate of drug-likeness (QED) is 0.775. The lowest BCUT2D eigenvalue weighted by molar-refractivity contribution is 0.200. The Balaban J connectivity index is 2.14. The van der Waals surface area contributed by atoms with E-state index in [9.17, 15) is 8.42 Å². The van der Waals surface area contributed by atoms with E-state index in [4.69, 9.17) is 5.11 Å². The minimum atomic E-state index is -3.20. The molecule has 0 spiro atoms. The molecule has 0 amide bonds. The van der Waals surface area contributed by atoms with Crippen LogP contribution in [-0.2, 0) is 10.0 Å². The van der Waals surface area contributed by atoms with Crippen molar-refractivity contribution in [1.29, 1.82) is 0 Å². The fraction of sp³-hybridized carbons (Fsp3) is 1.00. The molecular formula is C10H19NO3S. The van der Waals surface area contributed by atoms with Gasteiger partial charge in [-0.1, -0.05) is 6.42 Å². The van der Waals surface area contributed by atoms with Gasteiger partial charge >= 0.3 is 0 Å². The first-order valence-corrected chi connectivity index (χ1v) is 7.36. The Kier molecular flexibility index (Phi) is 3.33. The van der Waals surface area contributed by atoms with E-state index < -0.39 is 10.0 Å². The maximum atomic E-state index is 11.9. The molecule has 4 nitrogen and oxygen atoms in total. The summed E-state index contributed by atoms with van der Waals surface area (Å²) in [5, 5.41) is 8.77.